The molecule has 0 bridgehead atoms. The number of rotatable bonds is 8. The van der Waals surface area contributed by atoms with E-state index in [0.29, 0.717) is 18.5 Å². The fraction of sp³-hybridized carbons (Fsp3) is 0.618. The van der Waals surface area contributed by atoms with Crippen LogP contribution in [-0.4, -0.2) is 113 Å². The van der Waals surface area contributed by atoms with E-state index in [4.69, 9.17) is 10.8 Å². The minimum Gasteiger partial charge on any atom is -0.395 e. The van der Waals surface area contributed by atoms with E-state index in [1.165, 1.54) is 36.2 Å². The monoisotopic (exact) mass is 826 g/mol. The van der Waals surface area contributed by atoms with Gasteiger partial charge in [0.05, 0.1) is 49.9 Å². The van der Waals surface area contributed by atoms with Crippen LogP contribution in [0.4, 0.5) is 11.9 Å². The van der Waals surface area contributed by atoms with Gasteiger partial charge in [-0.2, -0.15) is 9.97 Å². The third-order valence-electron chi connectivity index (χ3n) is 8.08. The number of aromatic nitrogens is 8. The second-order valence-corrected chi connectivity index (χ2v) is 16.3. The average molecular weight is 827 g/mol. The lowest BCUT2D eigenvalue weighted by atomic mass is 10.2. The lowest BCUT2D eigenvalue weighted by Gasteiger charge is -2.16. The average Bonchev–Trinajstić information content (AvgIpc) is 3.90. The van der Waals surface area contributed by atoms with E-state index in [0.717, 1.165) is 0 Å². The molecule has 6 rings (SSSR count). The predicted molar refractivity (Wildman–Crippen MR) is 215 cm³/mol. The number of fused-ring (bicyclic) bond motifs is 2. The lowest BCUT2D eigenvalue weighted by Crippen LogP contribution is -2.23. The molecule has 9 N–H and O–H groups in total. The number of aromatic amines is 2. The number of amides is 1. The van der Waals surface area contributed by atoms with Gasteiger partial charge in [-0.1, -0.05) is 56.4 Å². The summed E-state index contributed by atoms with van der Waals surface area (Å²) in [4.78, 5) is 78.5. The van der Waals surface area contributed by atoms with Gasteiger partial charge in [-0.05, 0) is 12.8 Å². The molecule has 4 aromatic heterocycles. The third-order valence-corrected chi connectivity index (χ3v) is 11.2. The Kier molecular flexibility index (Phi) is 17.7. The summed E-state index contributed by atoms with van der Waals surface area (Å²) in [5, 5.41) is 40.4. The van der Waals surface area contributed by atoms with Crippen molar-refractivity contribution in [2.24, 2.45) is 17.8 Å². The molecule has 0 radical (unpaired) electrons. The third kappa shape index (κ3) is 11.4. The zero-order chi connectivity index (χ0) is 40.0. The molecule has 0 saturated carbocycles. The van der Waals surface area contributed by atoms with Crippen LogP contribution in [0.5, 0.6) is 0 Å². The number of aliphatic hydroxyl groups excluding tert-OH is 4. The fourth-order valence-electron chi connectivity index (χ4n) is 5.09. The minimum atomic E-state index is -0.681. The molecule has 0 aromatic carbocycles. The topological polar surface area (TPSA) is 307 Å². The lowest BCUT2D eigenvalue weighted by molar-refractivity contribution is -0.164. The molecular weight excluding hydrogens is 773 g/mol. The molecule has 0 spiro atoms. The van der Waals surface area contributed by atoms with Gasteiger partial charge in [0.25, 0.3) is 11.1 Å². The zero-order valence-electron chi connectivity index (χ0n) is 30.5. The van der Waals surface area contributed by atoms with Crippen molar-refractivity contribution in [2.45, 2.75) is 103 Å². The van der Waals surface area contributed by atoms with Crippen molar-refractivity contribution in [3.8, 4) is 0 Å². The summed E-state index contributed by atoms with van der Waals surface area (Å²) in [6, 6.07) is 0. The van der Waals surface area contributed by atoms with Crippen LogP contribution in [0.15, 0.2) is 22.2 Å². The summed E-state index contributed by atoms with van der Waals surface area (Å²) in [6.07, 6.45) is 2.55. The molecule has 2 saturated heterocycles. The highest BCUT2D eigenvalue weighted by Gasteiger charge is 2.37. The SMILES string of the molecule is C.C.CC(C)C(=O)Nc1nc2c(ncn2[C@@H]2S[C@H](CO)C[C@H]2O)c(=O)[nH]1.CC(C)C(=O)OC(=O)C(C)C.Nc1nc2c(ncn2[C@@H]2S[C@H](CO)C[C@H]2O)c(=O)[nH]1. The van der Waals surface area contributed by atoms with Crippen molar-refractivity contribution < 1.29 is 39.5 Å². The molecule has 2 aliphatic rings. The maximum absolute atomic E-state index is 12.1. The normalized spacial score (nSPS) is 21.5. The largest absolute Gasteiger partial charge is 0.395 e. The number of nitrogens with one attached hydrogen (secondary N) is 3. The van der Waals surface area contributed by atoms with Crippen LogP contribution in [0.1, 0.15) is 80.0 Å². The number of carbonyl (C=O) groups excluding carboxylic acids is 3. The number of imidazole rings is 2. The summed E-state index contributed by atoms with van der Waals surface area (Å²) >= 11 is 2.84. The Labute approximate surface area is 331 Å². The van der Waals surface area contributed by atoms with Crippen LogP contribution >= 0.6 is 23.5 Å². The molecule has 6 heterocycles. The Bertz CT molecular complexity index is 2050. The maximum Gasteiger partial charge on any atom is 0.316 e. The molecule has 0 unspecified atom stereocenters. The van der Waals surface area contributed by atoms with Crippen LogP contribution in [0.3, 0.4) is 0 Å². The molecule has 4 aromatic rings. The van der Waals surface area contributed by atoms with Crippen molar-refractivity contribution in [2.75, 3.05) is 24.3 Å². The van der Waals surface area contributed by atoms with Gasteiger partial charge >= 0.3 is 11.9 Å². The number of hydrogen-bond donors (Lipinski definition) is 8. The van der Waals surface area contributed by atoms with E-state index in [1.54, 1.807) is 50.7 Å². The molecule has 22 heteroatoms. The Morgan fingerprint density at radius 2 is 1.23 bits per heavy atom. The Morgan fingerprint density at radius 1 is 0.804 bits per heavy atom. The number of nitrogens with zero attached hydrogens (tertiary/aromatic N) is 6. The number of nitrogens with two attached hydrogens (primary N) is 1. The number of hydrogen-bond acceptors (Lipinski definition) is 17. The summed E-state index contributed by atoms with van der Waals surface area (Å²) in [5.41, 5.74) is 5.61. The minimum absolute atomic E-state index is 0. The molecule has 20 nitrogen and oxygen atoms in total. The van der Waals surface area contributed by atoms with Crippen LogP contribution in [-0.2, 0) is 19.1 Å². The number of ether oxygens (including phenoxy) is 1. The number of thioether (sulfide) groups is 2. The highest BCUT2D eigenvalue weighted by molar-refractivity contribution is 8.00. The van der Waals surface area contributed by atoms with Gasteiger partial charge in [0.1, 0.15) is 10.7 Å². The molecule has 2 fully saturated rings. The first kappa shape index (κ1) is 47.8. The van der Waals surface area contributed by atoms with Crippen molar-refractivity contribution in [1.29, 1.82) is 0 Å². The van der Waals surface area contributed by atoms with E-state index >= 15 is 0 Å². The van der Waals surface area contributed by atoms with Crippen LogP contribution in [0.25, 0.3) is 22.3 Å². The predicted octanol–water partition coefficient (Wildman–Crippen LogP) is 1.77. The molecule has 2 aliphatic heterocycles. The number of carbonyl (C=O) groups is 3. The number of H-pyrrole nitrogens is 2. The van der Waals surface area contributed by atoms with Gasteiger partial charge < -0.3 is 30.9 Å². The molecule has 312 valence electrons. The Balaban J connectivity index is 0.000000304. The van der Waals surface area contributed by atoms with Crippen LogP contribution in [0.2, 0.25) is 0 Å². The first-order valence-corrected chi connectivity index (χ1v) is 19.0. The van der Waals surface area contributed by atoms with Gasteiger partial charge in [0, 0.05) is 16.4 Å². The fourth-order valence-corrected chi connectivity index (χ4v) is 7.83. The highest BCUT2D eigenvalue weighted by Crippen LogP contribution is 2.43. The smallest absolute Gasteiger partial charge is 0.316 e. The highest BCUT2D eigenvalue weighted by atomic mass is 32.2. The van der Waals surface area contributed by atoms with Crippen molar-refractivity contribution in [3.05, 3.63) is 33.4 Å². The molecule has 0 aliphatic carbocycles. The van der Waals surface area contributed by atoms with E-state index in [9.17, 15) is 39.3 Å². The van der Waals surface area contributed by atoms with Gasteiger partial charge in [-0.25, -0.2) is 9.97 Å². The van der Waals surface area contributed by atoms with Gasteiger partial charge in [-0.3, -0.25) is 48.4 Å². The molecular formula is C34H54N10O10S2. The summed E-state index contributed by atoms with van der Waals surface area (Å²) in [5.74, 6) is -1.85. The van der Waals surface area contributed by atoms with Gasteiger partial charge in [0.15, 0.2) is 22.3 Å². The van der Waals surface area contributed by atoms with Gasteiger partial charge in [-0.15, -0.1) is 23.5 Å². The van der Waals surface area contributed by atoms with Crippen LogP contribution < -0.4 is 22.2 Å². The standard InChI is InChI=1S/C14H19N5O4S.C10H13N5O3S.C8H14O3.2CH4/c1-6(2)11(22)17-14-16-10-9(12(23)18-14)15-5-19(10)13-8(21)3-7(4-20)24-13;11-10-13-7-6(8(18)14-10)12-3-15(7)9-5(17)1-4(2-16)19-9;1-5(2)7(9)11-8(10)6(3)4;;/h5-8,13,20-21H,3-4H2,1-2H3,(H2,16,17,18,22,23);3-5,9,16-17H,1-2H2,(H3,11,13,14,18);5-6H,1-4H3;2*1H4/t7-,8+,13+;4-,5+,9+;;;/m00.../s1. The van der Waals surface area contributed by atoms with Crippen molar-refractivity contribution in [1.82, 2.24) is 39.0 Å². The summed E-state index contributed by atoms with van der Waals surface area (Å²) in [6.45, 7) is 10.2. The number of nitrogen functional groups attached to an aromatic ring is 1. The van der Waals surface area contributed by atoms with E-state index < -0.39 is 40.6 Å². The molecule has 6 atom stereocenters. The second-order valence-electron chi connectivity index (χ2n) is 13.5. The zero-order valence-corrected chi connectivity index (χ0v) is 32.1. The van der Waals surface area contributed by atoms with E-state index in [-0.39, 0.29) is 96.2 Å². The Morgan fingerprint density at radius 3 is 1.62 bits per heavy atom. The molecule has 1 amide bonds. The van der Waals surface area contributed by atoms with Crippen LogP contribution in [0, 0.1) is 17.8 Å². The number of aliphatic hydroxyl groups is 4. The first-order valence-electron chi connectivity index (χ1n) is 17.1. The van der Waals surface area contributed by atoms with Gasteiger partial charge in [0.2, 0.25) is 17.8 Å². The first-order chi connectivity index (χ1) is 25.4. The molecule has 56 heavy (non-hydrogen) atoms. The van der Waals surface area contributed by atoms with Crippen molar-refractivity contribution in [3.63, 3.8) is 0 Å². The number of anilines is 2. The van der Waals surface area contributed by atoms with E-state index in [1.807, 2.05) is 0 Å². The maximum atomic E-state index is 12.1. The summed E-state index contributed by atoms with van der Waals surface area (Å²) in [7, 11) is 0. The Hall–Kier alpha value is -4.35. The second kappa shape index (κ2) is 20.7. The van der Waals surface area contributed by atoms with Crippen molar-refractivity contribution >= 4 is 75.6 Å². The van der Waals surface area contributed by atoms with E-state index in [2.05, 4.69) is 40.0 Å². The quantitative estimate of drug-likeness (QED) is 0.0927. The number of esters is 2. The summed E-state index contributed by atoms with van der Waals surface area (Å²) < 4.78 is 7.74.